The third-order valence-electron chi connectivity index (χ3n) is 3.37. The predicted octanol–water partition coefficient (Wildman–Crippen LogP) is 2.94. The van der Waals surface area contributed by atoms with E-state index >= 15 is 0 Å². The summed E-state index contributed by atoms with van der Waals surface area (Å²) in [5.74, 6) is -0.381. The number of ether oxygens (including phenoxy) is 1. The summed E-state index contributed by atoms with van der Waals surface area (Å²) in [6, 6.07) is 9.65. The summed E-state index contributed by atoms with van der Waals surface area (Å²) < 4.78 is 4.84. The summed E-state index contributed by atoms with van der Waals surface area (Å²) in [4.78, 5) is 25.2. The molecular formula is C15H19NO3. The smallest absolute Gasteiger partial charge is 0.416 e. The van der Waals surface area contributed by atoms with E-state index in [4.69, 9.17) is 4.74 Å². The Morgan fingerprint density at radius 3 is 2.68 bits per heavy atom. The summed E-state index contributed by atoms with van der Waals surface area (Å²) >= 11 is 0. The van der Waals surface area contributed by atoms with Gasteiger partial charge in [-0.05, 0) is 12.0 Å². The molecule has 0 unspecified atom stereocenters. The lowest BCUT2D eigenvalue weighted by atomic mass is 9.92. The molecule has 0 spiro atoms. The Labute approximate surface area is 113 Å². The van der Waals surface area contributed by atoms with E-state index in [1.807, 2.05) is 30.3 Å². The number of imide groups is 1. The molecule has 0 N–H and O–H groups in total. The Balaban J connectivity index is 2.17. The van der Waals surface area contributed by atoms with Crippen LogP contribution in [0.4, 0.5) is 4.79 Å². The van der Waals surface area contributed by atoms with E-state index < -0.39 is 6.09 Å². The highest BCUT2D eigenvalue weighted by Gasteiger charge is 2.33. The van der Waals surface area contributed by atoms with Crippen LogP contribution in [0.15, 0.2) is 30.3 Å². The van der Waals surface area contributed by atoms with Gasteiger partial charge in [0.2, 0.25) is 5.91 Å². The van der Waals surface area contributed by atoms with Crippen LogP contribution in [0.5, 0.6) is 0 Å². The fourth-order valence-electron chi connectivity index (χ4n) is 2.31. The fraction of sp³-hybridized carbons (Fsp3) is 0.467. The van der Waals surface area contributed by atoms with Crippen LogP contribution in [-0.2, 0) is 9.53 Å². The first-order valence-electron chi connectivity index (χ1n) is 6.77. The molecule has 0 bridgehead atoms. The number of amides is 2. The van der Waals surface area contributed by atoms with Gasteiger partial charge in [0.15, 0.2) is 0 Å². The largest absolute Gasteiger partial charge is 0.447 e. The van der Waals surface area contributed by atoms with E-state index in [9.17, 15) is 9.59 Å². The number of cyclic esters (lactones) is 1. The van der Waals surface area contributed by atoms with E-state index in [1.54, 1.807) is 0 Å². The maximum absolute atomic E-state index is 12.5. The van der Waals surface area contributed by atoms with Crippen molar-refractivity contribution in [3.63, 3.8) is 0 Å². The number of carbonyl (C=O) groups excluding carboxylic acids is 2. The minimum Gasteiger partial charge on any atom is -0.447 e. The molecule has 1 heterocycles. The molecule has 1 aliphatic heterocycles. The van der Waals surface area contributed by atoms with Gasteiger partial charge in [-0.3, -0.25) is 4.79 Å². The standard InChI is InChI=1S/C15H19NO3/c1-2-3-9-13(12-7-5-4-6-8-12)14(17)16-10-11-19-15(16)18/h4-8,13H,2-3,9-11H2,1H3/t13-/m1/s1. The maximum Gasteiger partial charge on any atom is 0.416 e. The van der Waals surface area contributed by atoms with Crippen molar-refractivity contribution < 1.29 is 14.3 Å². The van der Waals surface area contributed by atoms with Gasteiger partial charge in [-0.1, -0.05) is 50.1 Å². The monoisotopic (exact) mass is 261 g/mol. The second kappa shape index (κ2) is 6.36. The third-order valence-corrected chi connectivity index (χ3v) is 3.37. The molecule has 0 saturated carbocycles. The van der Waals surface area contributed by atoms with Crippen molar-refractivity contribution in [3.8, 4) is 0 Å². The van der Waals surface area contributed by atoms with E-state index in [-0.39, 0.29) is 11.8 Å². The lowest BCUT2D eigenvalue weighted by Crippen LogP contribution is -2.35. The normalized spacial score (nSPS) is 16.3. The van der Waals surface area contributed by atoms with Gasteiger partial charge in [-0.15, -0.1) is 0 Å². The van der Waals surface area contributed by atoms with Crippen molar-refractivity contribution >= 4 is 12.0 Å². The van der Waals surface area contributed by atoms with Crippen LogP contribution in [-0.4, -0.2) is 30.1 Å². The number of nitrogens with zero attached hydrogens (tertiary/aromatic N) is 1. The van der Waals surface area contributed by atoms with E-state index in [0.717, 1.165) is 24.8 Å². The van der Waals surface area contributed by atoms with Crippen LogP contribution in [0.2, 0.25) is 0 Å². The third kappa shape index (κ3) is 3.13. The van der Waals surface area contributed by atoms with E-state index in [1.165, 1.54) is 4.90 Å². The number of carbonyl (C=O) groups is 2. The van der Waals surface area contributed by atoms with Gasteiger partial charge in [-0.2, -0.15) is 0 Å². The summed E-state index contributed by atoms with van der Waals surface area (Å²) in [5.41, 5.74) is 0.973. The van der Waals surface area contributed by atoms with E-state index in [0.29, 0.717) is 13.2 Å². The first kappa shape index (κ1) is 13.6. The highest BCUT2D eigenvalue weighted by molar-refractivity contribution is 5.96. The zero-order chi connectivity index (χ0) is 13.7. The van der Waals surface area contributed by atoms with Gasteiger partial charge in [0.25, 0.3) is 0 Å². The lowest BCUT2D eigenvalue weighted by molar-refractivity contribution is -0.129. The topological polar surface area (TPSA) is 46.6 Å². The maximum atomic E-state index is 12.5. The number of benzene rings is 1. The molecule has 102 valence electrons. The second-order valence-corrected chi connectivity index (χ2v) is 4.71. The molecule has 4 nitrogen and oxygen atoms in total. The Bertz CT molecular complexity index is 444. The van der Waals surface area contributed by atoms with Crippen LogP contribution in [0, 0.1) is 0 Å². The average molecular weight is 261 g/mol. The molecule has 1 fully saturated rings. The summed E-state index contributed by atoms with van der Waals surface area (Å²) in [6.07, 6.45) is 2.25. The van der Waals surface area contributed by atoms with E-state index in [2.05, 4.69) is 6.92 Å². The zero-order valence-electron chi connectivity index (χ0n) is 11.2. The number of hydrogen-bond donors (Lipinski definition) is 0. The van der Waals surface area contributed by atoms with Gasteiger partial charge in [-0.25, -0.2) is 9.69 Å². The van der Waals surface area contributed by atoms with Gasteiger partial charge < -0.3 is 4.74 Å². The number of hydrogen-bond acceptors (Lipinski definition) is 3. The Hall–Kier alpha value is -1.84. The lowest BCUT2D eigenvalue weighted by Gasteiger charge is -2.20. The van der Waals surface area contributed by atoms with Crippen molar-refractivity contribution in [3.05, 3.63) is 35.9 Å². The molecule has 0 aromatic heterocycles. The zero-order valence-corrected chi connectivity index (χ0v) is 11.2. The summed E-state index contributed by atoms with van der Waals surface area (Å²) in [5, 5.41) is 0. The minimum absolute atomic E-state index is 0.137. The fourth-order valence-corrected chi connectivity index (χ4v) is 2.31. The van der Waals surface area contributed by atoms with Crippen molar-refractivity contribution in [1.29, 1.82) is 0 Å². The Morgan fingerprint density at radius 2 is 2.11 bits per heavy atom. The quantitative estimate of drug-likeness (QED) is 0.818. The van der Waals surface area contributed by atoms with Gasteiger partial charge in [0.1, 0.15) is 6.61 Å². The first-order chi connectivity index (χ1) is 9.24. The van der Waals surface area contributed by atoms with Crippen LogP contribution in [0.1, 0.15) is 37.7 Å². The van der Waals surface area contributed by atoms with Crippen LogP contribution >= 0.6 is 0 Å². The average Bonchev–Trinajstić information content (AvgIpc) is 2.86. The molecule has 4 heteroatoms. The molecular weight excluding hydrogens is 242 g/mol. The molecule has 0 aliphatic carbocycles. The molecule has 19 heavy (non-hydrogen) atoms. The minimum atomic E-state index is -0.512. The van der Waals surface area contributed by atoms with Crippen molar-refractivity contribution in [2.24, 2.45) is 0 Å². The Morgan fingerprint density at radius 1 is 1.37 bits per heavy atom. The number of rotatable bonds is 5. The summed E-state index contributed by atoms with van der Waals surface area (Å²) in [6.45, 7) is 2.77. The Kier molecular flexibility index (Phi) is 4.55. The molecule has 1 aromatic rings. The first-order valence-corrected chi connectivity index (χ1v) is 6.77. The second-order valence-electron chi connectivity index (χ2n) is 4.71. The number of unbranched alkanes of at least 4 members (excludes halogenated alkanes) is 1. The van der Waals surface area contributed by atoms with Crippen molar-refractivity contribution in [2.45, 2.75) is 32.1 Å². The molecule has 2 amide bonds. The molecule has 0 radical (unpaired) electrons. The molecule has 1 aliphatic rings. The van der Waals surface area contributed by atoms with Crippen LogP contribution in [0.25, 0.3) is 0 Å². The molecule has 1 atom stereocenters. The highest BCUT2D eigenvalue weighted by atomic mass is 16.6. The van der Waals surface area contributed by atoms with Crippen molar-refractivity contribution in [2.75, 3.05) is 13.2 Å². The van der Waals surface area contributed by atoms with Gasteiger partial charge in [0.05, 0.1) is 12.5 Å². The van der Waals surface area contributed by atoms with Crippen molar-refractivity contribution in [1.82, 2.24) is 4.90 Å². The van der Waals surface area contributed by atoms with Crippen LogP contribution < -0.4 is 0 Å². The van der Waals surface area contributed by atoms with Crippen LogP contribution in [0.3, 0.4) is 0 Å². The molecule has 2 rings (SSSR count). The molecule has 1 saturated heterocycles. The highest BCUT2D eigenvalue weighted by Crippen LogP contribution is 2.25. The SMILES string of the molecule is CCCC[C@@H](C(=O)N1CCOC1=O)c1ccccc1. The predicted molar refractivity (Wildman–Crippen MR) is 71.8 cm³/mol. The van der Waals surface area contributed by atoms with Gasteiger partial charge >= 0.3 is 6.09 Å². The van der Waals surface area contributed by atoms with Gasteiger partial charge in [0, 0.05) is 0 Å². The molecule has 1 aromatic carbocycles. The summed E-state index contributed by atoms with van der Waals surface area (Å²) in [7, 11) is 0.